The third-order valence-corrected chi connectivity index (χ3v) is 3.06. The number of benzene rings is 1. The topological polar surface area (TPSA) is 54.0 Å². The minimum absolute atomic E-state index is 0.564. The monoisotopic (exact) mass is 268 g/mol. The van der Waals surface area contributed by atoms with Crippen LogP contribution in [0.3, 0.4) is 0 Å². The summed E-state index contributed by atoms with van der Waals surface area (Å²) in [5.74, 6) is 0.713. The molecule has 0 radical (unpaired) electrons. The molecule has 4 nitrogen and oxygen atoms in total. The first-order chi connectivity index (χ1) is 9.17. The number of halogens is 1. The van der Waals surface area contributed by atoms with Crippen LogP contribution in [0.2, 0.25) is 5.02 Å². The highest BCUT2D eigenvalue weighted by Crippen LogP contribution is 2.24. The van der Waals surface area contributed by atoms with Gasteiger partial charge in [0.25, 0.3) is 0 Å². The summed E-state index contributed by atoms with van der Waals surface area (Å²) < 4.78 is 1.84. The van der Waals surface area contributed by atoms with Crippen molar-refractivity contribution in [3.05, 3.63) is 52.7 Å². The molecule has 0 unspecified atom stereocenters. The third kappa shape index (κ3) is 2.05. The molecule has 0 amide bonds. The Labute approximate surface area is 114 Å². The fraction of sp³-hybridized carbons (Fsp3) is 0.0714. The van der Waals surface area contributed by atoms with Crippen LogP contribution in [0.25, 0.3) is 17.0 Å². The van der Waals surface area contributed by atoms with Gasteiger partial charge in [0.05, 0.1) is 11.6 Å². The van der Waals surface area contributed by atoms with Gasteiger partial charge in [-0.3, -0.25) is 4.40 Å². The third-order valence-electron chi connectivity index (χ3n) is 2.84. The Bertz CT molecular complexity index is 794. The molecule has 0 fully saturated rings. The Kier molecular flexibility index (Phi) is 2.69. The molecule has 2 heterocycles. The summed E-state index contributed by atoms with van der Waals surface area (Å²) in [6.45, 7) is 1.98. The van der Waals surface area contributed by atoms with Gasteiger partial charge in [0.15, 0.2) is 11.5 Å². The van der Waals surface area contributed by atoms with E-state index in [1.54, 1.807) is 18.3 Å². The molecule has 0 aliphatic carbocycles. The molecule has 1 aromatic carbocycles. The molecule has 0 saturated carbocycles. The standard InChI is InChI=1S/C14H9ClN4/c1-9-4-11(7-12(15)5-9)14-18-17-13-6-10(8-16)2-3-19(13)14/h2-7H,1H3. The maximum absolute atomic E-state index is 8.87. The molecule has 19 heavy (non-hydrogen) atoms. The summed E-state index contributed by atoms with van der Waals surface area (Å²) in [6.07, 6.45) is 1.79. The van der Waals surface area contributed by atoms with Crippen molar-refractivity contribution < 1.29 is 0 Å². The predicted octanol–water partition coefficient (Wildman–Crippen LogP) is 3.23. The van der Waals surface area contributed by atoms with Crippen LogP contribution in [0, 0.1) is 18.3 Å². The van der Waals surface area contributed by atoms with Crippen molar-refractivity contribution in [3.8, 4) is 17.5 Å². The van der Waals surface area contributed by atoms with Crippen molar-refractivity contribution in [2.24, 2.45) is 0 Å². The lowest BCUT2D eigenvalue weighted by Gasteiger charge is -2.02. The fourth-order valence-electron chi connectivity index (χ4n) is 2.02. The van der Waals surface area contributed by atoms with Gasteiger partial charge in [-0.1, -0.05) is 11.6 Å². The fourth-order valence-corrected chi connectivity index (χ4v) is 2.31. The van der Waals surface area contributed by atoms with Gasteiger partial charge in [-0.25, -0.2) is 0 Å². The highest BCUT2D eigenvalue weighted by atomic mass is 35.5. The van der Waals surface area contributed by atoms with Crippen LogP contribution in [0.5, 0.6) is 0 Å². The largest absolute Gasteiger partial charge is 0.282 e. The van der Waals surface area contributed by atoms with E-state index in [2.05, 4.69) is 16.3 Å². The average molecular weight is 269 g/mol. The summed E-state index contributed by atoms with van der Waals surface area (Å²) in [5.41, 5.74) is 3.18. The van der Waals surface area contributed by atoms with Crippen LogP contribution >= 0.6 is 11.6 Å². The summed E-state index contributed by atoms with van der Waals surface area (Å²) in [4.78, 5) is 0. The Morgan fingerprint density at radius 3 is 2.79 bits per heavy atom. The molecule has 0 saturated heterocycles. The second-order valence-corrected chi connectivity index (χ2v) is 4.73. The zero-order chi connectivity index (χ0) is 13.4. The number of nitrogens with zero attached hydrogens (tertiary/aromatic N) is 4. The molecule has 2 aromatic heterocycles. The van der Waals surface area contributed by atoms with Crippen molar-refractivity contribution in [1.29, 1.82) is 5.26 Å². The summed E-state index contributed by atoms with van der Waals surface area (Å²) in [5, 5.41) is 17.8. The SMILES string of the molecule is Cc1cc(Cl)cc(-c2nnc3cc(C#N)ccn23)c1. The van der Waals surface area contributed by atoms with Crippen LogP contribution in [0.1, 0.15) is 11.1 Å². The molecular weight excluding hydrogens is 260 g/mol. The van der Waals surface area contributed by atoms with Crippen molar-refractivity contribution in [2.75, 3.05) is 0 Å². The summed E-state index contributed by atoms with van der Waals surface area (Å²) in [6, 6.07) is 11.3. The van der Waals surface area contributed by atoms with Gasteiger partial charge >= 0.3 is 0 Å². The van der Waals surface area contributed by atoms with Crippen molar-refractivity contribution in [2.45, 2.75) is 6.92 Å². The van der Waals surface area contributed by atoms with Gasteiger partial charge in [0, 0.05) is 22.8 Å². The quantitative estimate of drug-likeness (QED) is 0.681. The molecule has 3 aromatic rings. The maximum atomic E-state index is 8.87. The minimum atomic E-state index is 0.564. The molecule has 3 rings (SSSR count). The van der Waals surface area contributed by atoms with E-state index in [0.717, 1.165) is 11.1 Å². The molecule has 0 spiro atoms. The first kappa shape index (κ1) is 11.7. The molecule has 0 aliphatic heterocycles. The number of pyridine rings is 1. The van der Waals surface area contributed by atoms with Crippen molar-refractivity contribution in [1.82, 2.24) is 14.6 Å². The molecule has 0 bridgehead atoms. The number of rotatable bonds is 1. The van der Waals surface area contributed by atoms with E-state index < -0.39 is 0 Å². The summed E-state index contributed by atoms with van der Waals surface area (Å²) in [7, 11) is 0. The van der Waals surface area contributed by atoms with E-state index in [9.17, 15) is 0 Å². The highest BCUT2D eigenvalue weighted by Gasteiger charge is 2.09. The lowest BCUT2D eigenvalue weighted by molar-refractivity contribution is 1.11. The Balaban J connectivity index is 2.23. The predicted molar refractivity (Wildman–Crippen MR) is 72.9 cm³/mol. The van der Waals surface area contributed by atoms with E-state index in [0.29, 0.717) is 22.1 Å². The number of nitriles is 1. The van der Waals surface area contributed by atoms with Crippen LogP contribution in [-0.4, -0.2) is 14.6 Å². The highest BCUT2D eigenvalue weighted by molar-refractivity contribution is 6.30. The van der Waals surface area contributed by atoms with Crippen molar-refractivity contribution in [3.63, 3.8) is 0 Å². The lowest BCUT2D eigenvalue weighted by Crippen LogP contribution is -1.90. The van der Waals surface area contributed by atoms with Gasteiger partial charge in [0.1, 0.15) is 0 Å². The number of aromatic nitrogens is 3. The summed E-state index contributed by atoms with van der Waals surface area (Å²) >= 11 is 6.07. The maximum Gasteiger partial charge on any atom is 0.168 e. The minimum Gasteiger partial charge on any atom is -0.282 e. The average Bonchev–Trinajstić information content (AvgIpc) is 2.80. The molecule has 0 aliphatic rings. The smallest absolute Gasteiger partial charge is 0.168 e. The zero-order valence-electron chi connectivity index (χ0n) is 10.1. The van der Waals surface area contributed by atoms with E-state index in [1.165, 1.54) is 0 Å². The van der Waals surface area contributed by atoms with Gasteiger partial charge in [-0.2, -0.15) is 5.26 Å². The Hall–Kier alpha value is -2.38. The van der Waals surface area contributed by atoms with E-state index in [-0.39, 0.29) is 0 Å². The first-order valence-corrected chi connectivity index (χ1v) is 6.07. The van der Waals surface area contributed by atoms with Gasteiger partial charge < -0.3 is 0 Å². The number of aryl methyl sites for hydroxylation is 1. The van der Waals surface area contributed by atoms with Crippen LogP contribution in [0.15, 0.2) is 36.5 Å². The van der Waals surface area contributed by atoms with Gasteiger partial charge in [-0.15, -0.1) is 10.2 Å². The van der Waals surface area contributed by atoms with Gasteiger partial charge in [-0.05, 0) is 36.8 Å². The lowest BCUT2D eigenvalue weighted by atomic mass is 10.1. The molecule has 0 atom stereocenters. The zero-order valence-corrected chi connectivity index (χ0v) is 10.9. The first-order valence-electron chi connectivity index (χ1n) is 5.70. The van der Waals surface area contributed by atoms with Gasteiger partial charge in [0.2, 0.25) is 0 Å². The molecule has 0 N–H and O–H groups in total. The second kappa shape index (κ2) is 4.38. The van der Waals surface area contributed by atoms with Crippen LogP contribution in [-0.2, 0) is 0 Å². The normalized spacial score (nSPS) is 10.6. The van der Waals surface area contributed by atoms with Crippen LogP contribution < -0.4 is 0 Å². The molecule has 92 valence electrons. The molecular formula is C14H9ClN4. The van der Waals surface area contributed by atoms with E-state index in [4.69, 9.17) is 16.9 Å². The van der Waals surface area contributed by atoms with E-state index >= 15 is 0 Å². The number of fused-ring (bicyclic) bond motifs is 1. The molecule has 5 heteroatoms. The number of hydrogen-bond donors (Lipinski definition) is 0. The Morgan fingerprint density at radius 1 is 1.21 bits per heavy atom. The van der Waals surface area contributed by atoms with Crippen LogP contribution in [0.4, 0.5) is 0 Å². The number of hydrogen-bond acceptors (Lipinski definition) is 3. The van der Waals surface area contributed by atoms with Crippen molar-refractivity contribution >= 4 is 17.2 Å². The Morgan fingerprint density at radius 2 is 2.05 bits per heavy atom. The second-order valence-electron chi connectivity index (χ2n) is 4.30. The van der Waals surface area contributed by atoms with E-state index in [1.807, 2.05) is 29.5 Å².